The van der Waals surface area contributed by atoms with E-state index >= 15 is 0 Å². The molecule has 0 amide bonds. The number of fused-ring (bicyclic) bond motifs is 2. The number of nitrogen functional groups attached to an aromatic ring is 1. The third-order valence-electron chi connectivity index (χ3n) is 8.58. The second-order valence-electron chi connectivity index (χ2n) is 12.1. The van der Waals surface area contributed by atoms with Crippen molar-refractivity contribution in [2.45, 2.75) is 82.1 Å². The summed E-state index contributed by atoms with van der Waals surface area (Å²) in [5.74, 6) is -0.310. The number of carbonyl (C=O) groups is 1. The molecule has 3 heterocycles. The number of methoxy groups -OCH3 is 1. The summed E-state index contributed by atoms with van der Waals surface area (Å²) in [4.78, 5) is 25.9. The van der Waals surface area contributed by atoms with E-state index in [1.54, 1.807) is 12.1 Å². The highest BCUT2D eigenvalue weighted by molar-refractivity contribution is 14.1. The third kappa shape index (κ3) is 6.97. The average molecular weight is 797 g/mol. The van der Waals surface area contributed by atoms with Gasteiger partial charge >= 0.3 is 13.7 Å². The van der Waals surface area contributed by atoms with Crippen LogP contribution < -0.4 is 20.1 Å². The highest BCUT2D eigenvalue weighted by Crippen LogP contribution is 2.49. The molecule has 6 rings (SSSR count). The molecular weight excluding hydrogens is 758 g/mol. The first-order valence-corrected chi connectivity index (χ1v) is 18.2. The maximum Gasteiger partial charge on any atom is 0.459 e. The number of esters is 1. The van der Waals surface area contributed by atoms with Gasteiger partial charge in [-0.05, 0) is 51.0 Å². The number of carbonyl (C=O) groups excluding carboxylic acids is 1. The summed E-state index contributed by atoms with van der Waals surface area (Å²) in [7, 11) is -2.96. The Kier molecular flexibility index (Phi) is 10.1. The zero-order valence-corrected chi connectivity index (χ0v) is 29.7. The lowest BCUT2D eigenvalue weighted by molar-refractivity contribution is -0.152. The molecule has 15 nitrogen and oxygen atoms in total. The fourth-order valence-electron chi connectivity index (χ4n) is 6.05. The van der Waals surface area contributed by atoms with E-state index in [-0.39, 0.29) is 34.8 Å². The fourth-order valence-corrected chi connectivity index (χ4v) is 8.29. The highest BCUT2D eigenvalue weighted by Gasteiger charge is 2.55. The molecule has 0 bridgehead atoms. The van der Waals surface area contributed by atoms with E-state index in [1.165, 1.54) is 25.5 Å². The van der Waals surface area contributed by atoms with Gasteiger partial charge in [0.15, 0.2) is 21.2 Å². The molecular formula is C31H38IN6O9P. The van der Waals surface area contributed by atoms with Crippen LogP contribution in [0.4, 0.5) is 5.95 Å². The largest absolute Gasteiger partial charge is 0.479 e. The summed E-state index contributed by atoms with van der Waals surface area (Å²) in [5, 5.41) is 27.0. The lowest BCUT2D eigenvalue weighted by Crippen LogP contribution is -2.45. The van der Waals surface area contributed by atoms with Crippen molar-refractivity contribution in [3.8, 4) is 11.6 Å². The van der Waals surface area contributed by atoms with Gasteiger partial charge in [0.1, 0.15) is 35.7 Å². The zero-order chi connectivity index (χ0) is 34.2. The topological polar surface area (TPSA) is 202 Å². The number of halogens is 1. The summed E-state index contributed by atoms with van der Waals surface area (Å²) in [6.07, 6.45) is 0.405. The number of aromatic nitrogens is 4. The first kappa shape index (κ1) is 34.7. The number of benzene rings is 2. The van der Waals surface area contributed by atoms with Gasteiger partial charge in [0.05, 0.1) is 13.7 Å². The number of hydrogen-bond acceptors (Lipinski definition) is 13. The second-order valence-corrected chi connectivity index (χ2v) is 14.8. The molecule has 0 spiro atoms. The smallest absolute Gasteiger partial charge is 0.459 e. The molecule has 6 atom stereocenters. The first-order valence-electron chi connectivity index (χ1n) is 15.6. The number of hydrogen-bond donors (Lipinski definition) is 4. The molecule has 2 unspecified atom stereocenters. The van der Waals surface area contributed by atoms with Crippen LogP contribution >= 0.6 is 30.3 Å². The van der Waals surface area contributed by atoms with Gasteiger partial charge in [0.2, 0.25) is 11.8 Å². The Labute approximate surface area is 290 Å². The Morgan fingerprint density at radius 1 is 1.19 bits per heavy atom. The molecule has 2 aliphatic rings. The van der Waals surface area contributed by atoms with Gasteiger partial charge in [0.25, 0.3) is 0 Å². The molecule has 48 heavy (non-hydrogen) atoms. The maximum atomic E-state index is 14.5. The number of aliphatic hydroxyl groups excluding tert-OH is 1. The van der Waals surface area contributed by atoms with Gasteiger partial charge in [-0.25, -0.2) is 9.55 Å². The Morgan fingerprint density at radius 2 is 1.92 bits per heavy atom. The minimum absolute atomic E-state index is 0.0938. The molecule has 0 radical (unpaired) electrons. The van der Waals surface area contributed by atoms with E-state index < -0.39 is 50.4 Å². The normalized spacial score (nSPS) is 25.2. The SMILES string of the molecule is COc1nc(N)nc2c1nc(I)n2[C@@H]1O[C@H](COP(=O)(NC(C)C(=O)OC2CCCCC2)Oc2cccc3ccccc23)[C@@H](O)[C@@]1(C)O. The minimum atomic E-state index is -4.37. The molecule has 1 aliphatic carbocycles. The Bertz CT molecular complexity index is 1850. The quantitative estimate of drug-likeness (QED) is 0.0727. The van der Waals surface area contributed by atoms with E-state index in [2.05, 4.69) is 20.0 Å². The van der Waals surface area contributed by atoms with Crippen molar-refractivity contribution in [1.82, 2.24) is 24.6 Å². The van der Waals surface area contributed by atoms with Crippen molar-refractivity contribution in [3.05, 3.63) is 46.3 Å². The predicted molar refractivity (Wildman–Crippen MR) is 183 cm³/mol. The van der Waals surface area contributed by atoms with Crippen molar-refractivity contribution in [2.75, 3.05) is 19.5 Å². The van der Waals surface area contributed by atoms with Crippen LogP contribution in [0, 0.1) is 3.83 Å². The molecule has 258 valence electrons. The molecule has 2 aromatic heterocycles. The van der Waals surface area contributed by atoms with E-state index in [9.17, 15) is 19.6 Å². The third-order valence-corrected chi connectivity index (χ3v) is 11.0. The molecule has 4 aromatic rings. The lowest BCUT2D eigenvalue weighted by atomic mass is 9.96. The summed E-state index contributed by atoms with van der Waals surface area (Å²) in [6.45, 7) is 2.40. The second kappa shape index (κ2) is 14.0. The Balaban J connectivity index is 1.26. The number of imidazole rings is 1. The molecule has 5 N–H and O–H groups in total. The standard InChI is InChI=1S/C31H38IN6O9P/c1-17(27(40)45-19-12-5-4-6-13-19)37-48(42,47-21-15-9-11-18-10-7-8-14-20(18)21)44-16-22-24(39)31(2,41)28(46-22)38-25-23(34-29(38)32)26(43-3)36-30(33)35-25/h7-11,14-15,17,19,22,24,28,39,41H,4-6,12-13,16H2,1-3H3,(H,37,42)(H2,33,35,36)/t17?,22-,24-,28-,31-,48?/m1/s1. The monoisotopic (exact) mass is 796 g/mol. The van der Waals surface area contributed by atoms with Crippen LogP contribution in [-0.4, -0.2) is 79.4 Å². The van der Waals surface area contributed by atoms with Gasteiger partial charge in [0, 0.05) is 28.0 Å². The van der Waals surface area contributed by atoms with Crippen LogP contribution in [0.25, 0.3) is 21.9 Å². The van der Waals surface area contributed by atoms with Crippen LogP contribution in [-0.2, 0) is 23.4 Å². The zero-order valence-electron chi connectivity index (χ0n) is 26.6. The number of nitrogens with two attached hydrogens (primary N) is 1. The molecule has 2 aromatic carbocycles. The van der Waals surface area contributed by atoms with Crippen LogP contribution in [0.15, 0.2) is 42.5 Å². The number of nitrogens with one attached hydrogen (secondary N) is 1. The van der Waals surface area contributed by atoms with Crippen LogP contribution in [0.3, 0.4) is 0 Å². The molecule has 1 saturated heterocycles. The fraction of sp³-hybridized carbons (Fsp3) is 0.484. The Morgan fingerprint density at radius 3 is 2.67 bits per heavy atom. The molecule has 17 heteroatoms. The van der Waals surface area contributed by atoms with Crippen molar-refractivity contribution in [3.63, 3.8) is 0 Å². The van der Waals surface area contributed by atoms with E-state index in [0.29, 0.717) is 9.22 Å². The summed E-state index contributed by atoms with van der Waals surface area (Å²) in [5.41, 5.74) is 4.48. The van der Waals surface area contributed by atoms with Crippen molar-refractivity contribution in [1.29, 1.82) is 0 Å². The van der Waals surface area contributed by atoms with E-state index in [1.807, 2.05) is 52.9 Å². The predicted octanol–water partition coefficient (Wildman–Crippen LogP) is 4.24. The van der Waals surface area contributed by atoms with Crippen molar-refractivity contribution in [2.24, 2.45) is 0 Å². The van der Waals surface area contributed by atoms with Crippen LogP contribution in [0.5, 0.6) is 11.6 Å². The molecule has 2 fully saturated rings. The van der Waals surface area contributed by atoms with Gasteiger partial charge in [-0.1, -0.05) is 42.8 Å². The summed E-state index contributed by atoms with van der Waals surface area (Å²) < 4.78 is 45.4. The van der Waals surface area contributed by atoms with Gasteiger partial charge < -0.3 is 34.7 Å². The lowest BCUT2D eigenvalue weighted by Gasteiger charge is -2.28. The summed E-state index contributed by atoms with van der Waals surface area (Å²) in [6, 6.07) is 11.6. The first-order chi connectivity index (χ1) is 22.9. The average Bonchev–Trinajstić information content (AvgIpc) is 3.50. The molecule has 1 aliphatic heterocycles. The number of rotatable bonds is 11. The van der Waals surface area contributed by atoms with Crippen LogP contribution in [0.2, 0.25) is 0 Å². The van der Waals surface area contributed by atoms with Crippen molar-refractivity contribution >= 4 is 64.2 Å². The number of nitrogens with zero attached hydrogens (tertiary/aromatic N) is 4. The van der Waals surface area contributed by atoms with E-state index in [4.69, 9.17) is 29.0 Å². The van der Waals surface area contributed by atoms with Crippen LogP contribution in [0.1, 0.15) is 52.2 Å². The van der Waals surface area contributed by atoms with Crippen molar-refractivity contribution < 1.29 is 42.8 Å². The van der Waals surface area contributed by atoms with Gasteiger partial charge in [-0.3, -0.25) is 13.9 Å². The maximum absolute atomic E-state index is 14.5. The highest BCUT2D eigenvalue weighted by atomic mass is 127. The number of ether oxygens (including phenoxy) is 3. The number of anilines is 1. The van der Waals surface area contributed by atoms with E-state index in [0.717, 1.165) is 37.5 Å². The summed E-state index contributed by atoms with van der Waals surface area (Å²) >= 11 is 1.94. The number of aliphatic hydroxyl groups is 2. The Hall–Kier alpha value is -3.12. The minimum Gasteiger partial charge on any atom is -0.479 e. The van der Waals surface area contributed by atoms with Gasteiger partial charge in [-0.15, -0.1) is 0 Å². The van der Waals surface area contributed by atoms with Gasteiger partial charge in [-0.2, -0.15) is 15.1 Å². The molecule has 1 saturated carbocycles.